The fourth-order valence-corrected chi connectivity index (χ4v) is 2.78. The summed E-state index contributed by atoms with van der Waals surface area (Å²) < 4.78 is 0. The molecule has 3 N–H and O–H groups in total. The Morgan fingerprint density at radius 1 is 1.50 bits per heavy atom. The van der Waals surface area contributed by atoms with Crippen molar-refractivity contribution in [1.82, 2.24) is 5.32 Å². The lowest BCUT2D eigenvalue weighted by molar-refractivity contribution is -0.131. The smallest absolute Gasteiger partial charge is 0.227 e. The Labute approximate surface area is 98.2 Å². The predicted octanol–water partition coefficient (Wildman–Crippen LogP) is 1.81. The molecule has 16 heavy (non-hydrogen) atoms. The summed E-state index contributed by atoms with van der Waals surface area (Å²) in [6.07, 6.45) is 6.84. The van der Waals surface area contributed by atoms with Gasteiger partial charge < -0.3 is 11.1 Å². The molecule has 2 aliphatic carbocycles. The van der Waals surface area contributed by atoms with Gasteiger partial charge in [0.15, 0.2) is 0 Å². The molecule has 0 aliphatic heterocycles. The lowest BCUT2D eigenvalue weighted by atomic mass is 9.84. The summed E-state index contributed by atoms with van der Waals surface area (Å²) in [6, 6.07) is 0.352. The SMILES string of the molecule is CC(CC1CC1)NC(=O)C1(C)CCCC1N. The van der Waals surface area contributed by atoms with E-state index >= 15 is 0 Å². The van der Waals surface area contributed by atoms with Crippen molar-refractivity contribution < 1.29 is 4.79 Å². The van der Waals surface area contributed by atoms with Gasteiger partial charge in [0, 0.05) is 12.1 Å². The number of nitrogens with two attached hydrogens (primary N) is 1. The molecular weight excluding hydrogens is 200 g/mol. The maximum atomic E-state index is 12.2. The van der Waals surface area contributed by atoms with Gasteiger partial charge in [0.2, 0.25) is 5.91 Å². The first kappa shape index (κ1) is 11.9. The number of carbonyl (C=O) groups excluding carboxylic acids is 1. The van der Waals surface area contributed by atoms with Crippen LogP contribution in [0.3, 0.4) is 0 Å². The molecule has 3 unspecified atom stereocenters. The highest BCUT2D eigenvalue weighted by Gasteiger charge is 2.43. The van der Waals surface area contributed by atoms with Crippen LogP contribution in [0.1, 0.15) is 52.4 Å². The number of amides is 1. The Kier molecular flexibility index (Phi) is 3.24. The van der Waals surface area contributed by atoms with E-state index in [1.54, 1.807) is 0 Å². The summed E-state index contributed by atoms with van der Waals surface area (Å²) in [4.78, 5) is 12.2. The van der Waals surface area contributed by atoms with Crippen molar-refractivity contribution in [3.05, 3.63) is 0 Å². The molecular formula is C13H24N2O. The van der Waals surface area contributed by atoms with Gasteiger partial charge in [0.05, 0.1) is 5.41 Å². The number of hydrogen-bond acceptors (Lipinski definition) is 2. The highest BCUT2D eigenvalue weighted by atomic mass is 16.2. The van der Waals surface area contributed by atoms with Gasteiger partial charge in [-0.25, -0.2) is 0 Å². The molecule has 92 valence electrons. The van der Waals surface area contributed by atoms with Crippen molar-refractivity contribution >= 4 is 5.91 Å². The molecule has 2 saturated carbocycles. The summed E-state index contributed by atoms with van der Waals surface area (Å²) in [5, 5.41) is 3.15. The molecule has 3 heteroatoms. The van der Waals surface area contributed by atoms with E-state index in [9.17, 15) is 4.79 Å². The zero-order valence-electron chi connectivity index (χ0n) is 10.5. The van der Waals surface area contributed by atoms with Gasteiger partial charge in [0.1, 0.15) is 0 Å². The minimum atomic E-state index is -0.322. The molecule has 0 aromatic rings. The fourth-order valence-electron chi connectivity index (χ4n) is 2.78. The second-order valence-electron chi connectivity index (χ2n) is 5.97. The van der Waals surface area contributed by atoms with E-state index in [1.807, 2.05) is 6.92 Å². The molecule has 3 atom stereocenters. The molecule has 0 spiro atoms. The average Bonchev–Trinajstić information content (AvgIpc) is 2.94. The van der Waals surface area contributed by atoms with Crippen LogP contribution in [0.5, 0.6) is 0 Å². The van der Waals surface area contributed by atoms with E-state index in [0.29, 0.717) is 6.04 Å². The highest BCUT2D eigenvalue weighted by Crippen LogP contribution is 2.37. The molecule has 2 aliphatic rings. The molecule has 2 rings (SSSR count). The Hall–Kier alpha value is -0.570. The van der Waals surface area contributed by atoms with Crippen LogP contribution in [-0.4, -0.2) is 18.0 Å². The first-order chi connectivity index (χ1) is 7.52. The highest BCUT2D eigenvalue weighted by molar-refractivity contribution is 5.83. The second kappa shape index (κ2) is 4.36. The molecule has 0 heterocycles. The average molecular weight is 224 g/mol. The predicted molar refractivity (Wildman–Crippen MR) is 64.9 cm³/mol. The normalized spacial score (nSPS) is 36.1. The quantitative estimate of drug-likeness (QED) is 0.765. The minimum absolute atomic E-state index is 0.0422. The molecule has 2 fully saturated rings. The standard InChI is InChI=1S/C13H24N2O/c1-9(8-10-5-6-10)15-12(16)13(2)7-3-4-11(13)14/h9-11H,3-8,14H2,1-2H3,(H,15,16). The van der Waals surface area contributed by atoms with Gasteiger partial charge in [0.25, 0.3) is 0 Å². The van der Waals surface area contributed by atoms with Crippen LogP contribution in [0, 0.1) is 11.3 Å². The number of hydrogen-bond donors (Lipinski definition) is 2. The lowest BCUT2D eigenvalue weighted by Crippen LogP contribution is -2.49. The van der Waals surface area contributed by atoms with Gasteiger partial charge >= 0.3 is 0 Å². The second-order valence-corrected chi connectivity index (χ2v) is 5.97. The van der Waals surface area contributed by atoms with Gasteiger partial charge in [-0.1, -0.05) is 19.3 Å². The number of rotatable bonds is 4. The van der Waals surface area contributed by atoms with E-state index in [1.165, 1.54) is 12.8 Å². The molecule has 0 saturated heterocycles. The summed E-state index contributed by atoms with van der Waals surface area (Å²) in [5.74, 6) is 1.03. The maximum absolute atomic E-state index is 12.2. The molecule has 0 aromatic heterocycles. The number of nitrogens with one attached hydrogen (secondary N) is 1. The van der Waals surface area contributed by atoms with E-state index in [-0.39, 0.29) is 17.4 Å². The van der Waals surface area contributed by atoms with Gasteiger partial charge in [-0.2, -0.15) is 0 Å². The first-order valence-corrected chi connectivity index (χ1v) is 6.59. The van der Waals surface area contributed by atoms with Crippen molar-refractivity contribution in [1.29, 1.82) is 0 Å². The van der Waals surface area contributed by atoms with E-state index in [2.05, 4.69) is 12.2 Å². The van der Waals surface area contributed by atoms with Crippen LogP contribution in [0.25, 0.3) is 0 Å². The van der Waals surface area contributed by atoms with E-state index in [4.69, 9.17) is 5.73 Å². The maximum Gasteiger partial charge on any atom is 0.227 e. The van der Waals surface area contributed by atoms with Crippen molar-refractivity contribution in [2.24, 2.45) is 17.1 Å². The lowest BCUT2D eigenvalue weighted by Gasteiger charge is -2.29. The van der Waals surface area contributed by atoms with Crippen LogP contribution in [0.4, 0.5) is 0 Å². The third-order valence-corrected chi connectivity index (χ3v) is 4.31. The topological polar surface area (TPSA) is 55.1 Å². The Morgan fingerprint density at radius 3 is 2.69 bits per heavy atom. The van der Waals surface area contributed by atoms with Gasteiger partial charge in [-0.3, -0.25) is 4.79 Å². The third-order valence-electron chi connectivity index (χ3n) is 4.31. The number of carbonyl (C=O) groups is 1. The first-order valence-electron chi connectivity index (χ1n) is 6.59. The Morgan fingerprint density at radius 2 is 2.19 bits per heavy atom. The van der Waals surface area contributed by atoms with Crippen molar-refractivity contribution in [2.45, 2.75) is 64.5 Å². The van der Waals surface area contributed by atoms with Crippen LogP contribution in [0.2, 0.25) is 0 Å². The summed E-state index contributed by atoms with van der Waals surface area (Å²) in [5.41, 5.74) is 5.72. The van der Waals surface area contributed by atoms with Crippen molar-refractivity contribution in [3.63, 3.8) is 0 Å². The monoisotopic (exact) mass is 224 g/mol. The summed E-state index contributed by atoms with van der Waals surface area (Å²) in [6.45, 7) is 4.13. The van der Waals surface area contributed by atoms with Crippen LogP contribution >= 0.6 is 0 Å². The van der Waals surface area contributed by atoms with Crippen molar-refractivity contribution in [3.8, 4) is 0 Å². The summed E-state index contributed by atoms with van der Waals surface area (Å²) >= 11 is 0. The van der Waals surface area contributed by atoms with Crippen molar-refractivity contribution in [2.75, 3.05) is 0 Å². The zero-order chi connectivity index (χ0) is 11.8. The molecule has 1 amide bonds. The zero-order valence-corrected chi connectivity index (χ0v) is 10.5. The molecule has 0 aromatic carbocycles. The molecule has 3 nitrogen and oxygen atoms in total. The van der Waals surface area contributed by atoms with E-state index in [0.717, 1.165) is 31.6 Å². The minimum Gasteiger partial charge on any atom is -0.353 e. The Bertz CT molecular complexity index is 275. The third kappa shape index (κ3) is 2.40. The van der Waals surface area contributed by atoms with Crippen LogP contribution in [-0.2, 0) is 4.79 Å². The largest absolute Gasteiger partial charge is 0.353 e. The van der Waals surface area contributed by atoms with Gasteiger partial charge in [-0.05, 0) is 39.0 Å². The summed E-state index contributed by atoms with van der Waals surface area (Å²) in [7, 11) is 0. The van der Waals surface area contributed by atoms with Crippen LogP contribution < -0.4 is 11.1 Å². The molecule has 0 bridgehead atoms. The fraction of sp³-hybridized carbons (Fsp3) is 0.923. The van der Waals surface area contributed by atoms with Crippen LogP contribution in [0.15, 0.2) is 0 Å². The Balaban J connectivity index is 1.85. The van der Waals surface area contributed by atoms with E-state index < -0.39 is 0 Å². The van der Waals surface area contributed by atoms with Gasteiger partial charge in [-0.15, -0.1) is 0 Å². The molecule has 0 radical (unpaired) electrons.